The summed E-state index contributed by atoms with van der Waals surface area (Å²) in [5, 5.41) is 1.34. The second-order valence-electron chi connectivity index (χ2n) is 7.27. The molecule has 0 aliphatic heterocycles. The highest BCUT2D eigenvalue weighted by molar-refractivity contribution is 6.35. The zero-order valence-electron chi connectivity index (χ0n) is 15.4. The number of benzene rings is 2. The van der Waals surface area contributed by atoms with Crippen LogP contribution in [0.2, 0.25) is 0 Å². The van der Waals surface area contributed by atoms with Crippen molar-refractivity contribution in [3.05, 3.63) is 59.7 Å². The monoisotopic (exact) mass is 358 g/mol. The van der Waals surface area contributed by atoms with Gasteiger partial charge in [0.2, 0.25) is 0 Å². The van der Waals surface area contributed by atoms with Crippen LogP contribution in [0.15, 0.2) is 43.0 Å². The van der Waals surface area contributed by atoms with E-state index in [1.54, 1.807) is 6.08 Å². The van der Waals surface area contributed by atoms with Crippen molar-refractivity contribution in [1.29, 1.82) is 0 Å². The van der Waals surface area contributed by atoms with Crippen molar-refractivity contribution in [3.63, 3.8) is 0 Å². The summed E-state index contributed by atoms with van der Waals surface area (Å²) in [6.45, 7) is 13.1. The Kier molecular flexibility index (Phi) is 5.95. The molecule has 3 heteroatoms. The third-order valence-corrected chi connectivity index (χ3v) is 5.42. The summed E-state index contributed by atoms with van der Waals surface area (Å²) in [6.07, 6.45) is 1.79. The maximum atomic E-state index is 6.28. The molecule has 0 aromatic heterocycles. The zero-order chi connectivity index (χ0) is 17.9. The Morgan fingerprint density at radius 1 is 1.21 bits per heavy atom. The Morgan fingerprint density at radius 3 is 2.50 bits per heavy atom. The third-order valence-electron chi connectivity index (χ3n) is 4.22. The van der Waals surface area contributed by atoms with Crippen molar-refractivity contribution in [2.75, 3.05) is 6.61 Å². The summed E-state index contributed by atoms with van der Waals surface area (Å²) < 4.78 is 6.14. The molecule has 0 saturated carbocycles. The lowest BCUT2D eigenvalue weighted by molar-refractivity contribution is 0.352. The van der Waals surface area contributed by atoms with Crippen LogP contribution in [0, 0.1) is 6.92 Å². The van der Waals surface area contributed by atoms with Gasteiger partial charge >= 0.3 is 0 Å². The fraction of sp³-hybridized carbons (Fsp3) is 0.333. The molecule has 24 heavy (non-hydrogen) atoms. The van der Waals surface area contributed by atoms with Crippen LogP contribution in [0.1, 0.15) is 37.5 Å². The van der Waals surface area contributed by atoms with Crippen LogP contribution >= 0.6 is 11.6 Å². The Hall–Kier alpha value is -1.51. The number of aryl methyl sites for hydroxylation is 1. The SMILES string of the molecule is C=CCOc1c(-c2cccc([SiH3])c2CCl)cc(C)cc1C(C)(C)C. The molecule has 2 aromatic carbocycles. The topological polar surface area (TPSA) is 9.23 Å². The lowest BCUT2D eigenvalue weighted by Gasteiger charge is -2.26. The number of hydrogen-bond donors (Lipinski definition) is 0. The predicted octanol–water partition coefficient (Wildman–Crippen LogP) is 4.25. The largest absolute Gasteiger partial charge is 0.489 e. The highest BCUT2D eigenvalue weighted by Gasteiger charge is 2.24. The van der Waals surface area contributed by atoms with Gasteiger partial charge < -0.3 is 4.74 Å². The van der Waals surface area contributed by atoms with E-state index in [4.69, 9.17) is 16.3 Å². The van der Waals surface area contributed by atoms with E-state index in [1.165, 1.54) is 27.4 Å². The van der Waals surface area contributed by atoms with Gasteiger partial charge in [-0.15, -0.1) is 11.6 Å². The standard InChI is InChI=1S/C21H27ClOSi/c1-6-10-23-20-16(11-14(2)12-18(20)21(3,4)5)15-8-7-9-19(24)17(15)13-22/h6-9,11-12H,1,10,13H2,2-5,24H3. The van der Waals surface area contributed by atoms with E-state index in [9.17, 15) is 0 Å². The van der Waals surface area contributed by atoms with E-state index in [2.05, 4.69) is 64.6 Å². The molecule has 0 aliphatic rings. The first-order chi connectivity index (χ1) is 11.3. The number of ether oxygens (including phenoxy) is 1. The van der Waals surface area contributed by atoms with Crippen LogP contribution in [0.25, 0.3) is 11.1 Å². The molecule has 0 unspecified atom stereocenters. The van der Waals surface area contributed by atoms with Crippen molar-refractivity contribution in [3.8, 4) is 16.9 Å². The highest BCUT2D eigenvalue weighted by Crippen LogP contribution is 2.41. The summed E-state index contributed by atoms with van der Waals surface area (Å²) >= 11 is 6.28. The minimum Gasteiger partial charge on any atom is -0.489 e. The van der Waals surface area contributed by atoms with E-state index in [1.807, 2.05) is 0 Å². The molecule has 0 heterocycles. The smallest absolute Gasteiger partial charge is 0.131 e. The van der Waals surface area contributed by atoms with Gasteiger partial charge in [-0.25, -0.2) is 0 Å². The summed E-state index contributed by atoms with van der Waals surface area (Å²) in [6, 6.07) is 10.9. The number of rotatable bonds is 5. The van der Waals surface area contributed by atoms with Crippen LogP contribution in [0.3, 0.4) is 0 Å². The van der Waals surface area contributed by atoms with Crippen molar-refractivity contribution >= 4 is 27.0 Å². The minimum absolute atomic E-state index is 0.00300. The Bertz CT molecular complexity index is 744. The van der Waals surface area contributed by atoms with E-state index in [-0.39, 0.29) is 5.41 Å². The molecule has 0 aliphatic carbocycles. The Balaban J connectivity index is 2.80. The molecular weight excluding hydrogens is 332 g/mol. The van der Waals surface area contributed by atoms with E-state index in [0.29, 0.717) is 12.5 Å². The first-order valence-corrected chi connectivity index (χ1v) is 9.86. The van der Waals surface area contributed by atoms with Gasteiger partial charge in [0, 0.05) is 27.2 Å². The fourth-order valence-electron chi connectivity index (χ4n) is 2.96. The predicted molar refractivity (Wildman–Crippen MR) is 110 cm³/mol. The molecule has 0 radical (unpaired) electrons. The number of alkyl halides is 1. The van der Waals surface area contributed by atoms with E-state index in [0.717, 1.165) is 21.6 Å². The van der Waals surface area contributed by atoms with Crippen LogP contribution in [0.5, 0.6) is 5.75 Å². The molecular formula is C21H27ClOSi. The lowest BCUT2D eigenvalue weighted by Crippen LogP contribution is -2.16. The summed E-state index contributed by atoms with van der Waals surface area (Å²) in [5.74, 6) is 1.47. The molecule has 1 nitrogen and oxygen atoms in total. The molecule has 0 N–H and O–H groups in total. The molecule has 0 atom stereocenters. The van der Waals surface area contributed by atoms with E-state index < -0.39 is 0 Å². The average molecular weight is 359 g/mol. The molecule has 0 saturated heterocycles. The van der Waals surface area contributed by atoms with Crippen molar-refractivity contribution in [2.24, 2.45) is 0 Å². The number of halogens is 1. The Morgan fingerprint density at radius 2 is 1.92 bits per heavy atom. The third kappa shape index (κ3) is 3.93. The molecule has 0 bridgehead atoms. The van der Waals surface area contributed by atoms with Crippen LogP contribution in [-0.2, 0) is 11.3 Å². The maximum Gasteiger partial charge on any atom is 0.131 e. The van der Waals surface area contributed by atoms with Gasteiger partial charge in [-0.2, -0.15) is 0 Å². The van der Waals surface area contributed by atoms with Crippen molar-refractivity contribution in [2.45, 2.75) is 39.0 Å². The van der Waals surface area contributed by atoms with Crippen molar-refractivity contribution < 1.29 is 4.74 Å². The van der Waals surface area contributed by atoms with Gasteiger partial charge in [0.25, 0.3) is 0 Å². The van der Waals surface area contributed by atoms with Crippen LogP contribution in [-0.4, -0.2) is 16.8 Å². The van der Waals surface area contributed by atoms with Gasteiger partial charge in [0.1, 0.15) is 12.4 Å². The molecule has 0 fully saturated rings. The van der Waals surface area contributed by atoms with Gasteiger partial charge in [-0.1, -0.05) is 62.9 Å². The molecule has 128 valence electrons. The van der Waals surface area contributed by atoms with Gasteiger partial charge in [-0.05, 0) is 35.1 Å². The highest BCUT2D eigenvalue weighted by atomic mass is 35.5. The average Bonchev–Trinajstić information content (AvgIpc) is 2.51. The first kappa shape index (κ1) is 18.8. The summed E-state index contributed by atoms with van der Waals surface area (Å²) in [7, 11) is 0.982. The summed E-state index contributed by atoms with van der Waals surface area (Å²) in [4.78, 5) is 0. The Labute approximate surface area is 154 Å². The van der Waals surface area contributed by atoms with Gasteiger partial charge in [-0.3, -0.25) is 0 Å². The number of hydrogen-bond acceptors (Lipinski definition) is 1. The summed E-state index contributed by atoms with van der Waals surface area (Å²) in [5.41, 5.74) is 6.00. The first-order valence-electron chi connectivity index (χ1n) is 8.33. The second-order valence-corrected chi connectivity index (χ2v) is 8.62. The van der Waals surface area contributed by atoms with E-state index >= 15 is 0 Å². The fourth-order valence-corrected chi connectivity index (χ4v) is 4.18. The molecule has 0 amide bonds. The van der Waals surface area contributed by atoms with Crippen molar-refractivity contribution in [1.82, 2.24) is 0 Å². The zero-order valence-corrected chi connectivity index (χ0v) is 18.1. The molecule has 2 aromatic rings. The molecule has 2 rings (SSSR count). The van der Waals surface area contributed by atoms with Gasteiger partial charge in [0.15, 0.2) is 0 Å². The van der Waals surface area contributed by atoms with Crippen LogP contribution in [0.4, 0.5) is 0 Å². The quantitative estimate of drug-likeness (QED) is 0.441. The lowest BCUT2D eigenvalue weighted by atomic mass is 9.82. The second kappa shape index (κ2) is 7.58. The minimum atomic E-state index is -0.00300. The normalized spacial score (nSPS) is 11.5. The van der Waals surface area contributed by atoms with Crippen LogP contribution < -0.4 is 9.92 Å². The maximum absolute atomic E-state index is 6.28. The molecule has 0 spiro atoms. The van der Waals surface area contributed by atoms with Gasteiger partial charge in [0.05, 0.1) is 0 Å².